The molecule has 3 heteroatoms. The Morgan fingerprint density at radius 3 is 2.62 bits per heavy atom. The SMILES string of the molecule is CCCOC.Cc1cc(C)c2nc[nH]c2c1. The maximum absolute atomic E-state index is 4.69. The number of nitrogens with zero attached hydrogens (tertiary/aromatic N) is 1. The maximum atomic E-state index is 4.69. The van der Waals surface area contributed by atoms with Gasteiger partial charge >= 0.3 is 0 Å². The molecular formula is C13H20N2O. The molecule has 0 bridgehead atoms. The van der Waals surface area contributed by atoms with E-state index in [0.717, 1.165) is 24.1 Å². The molecule has 0 spiro atoms. The average molecular weight is 220 g/mol. The van der Waals surface area contributed by atoms with Crippen LogP contribution in [0.15, 0.2) is 18.5 Å². The largest absolute Gasteiger partial charge is 0.385 e. The highest BCUT2D eigenvalue weighted by Gasteiger charge is 1.98. The second-order valence-electron chi connectivity index (χ2n) is 3.87. The molecule has 2 aromatic rings. The highest BCUT2D eigenvalue weighted by Crippen LogP contribution is 2.15. The number of ether oxygens (including phenoxy) is 1. The fraction of sp³-hybridized carbons (Fsp3) is 0.462. The molecule has 0 unspecified atom stereocenters. The Kier molecular flexibility index (Phi) is 4.99. The van der Waals surface area contributed by atoms with E-state index in [0.29, 0.717) is 0 Å². The first-order chi connectivity index (χ1) is 7.69. The molecule has 1 aromatic heterocycles. The van der Waals surface area contributed by atoms with Gasteiger partial charge in [0.25, 0.3) is 0 Å². The fourth-order valence-corrected chi connectivity index (χ4v) is 1.61. The molecule has 0 radical (unpaired) electrons. The van der Waals surface area contributed by atoms with Crippen molar-refractivity contribution < 1.29 is 4.74 Å². The van der Waals surface area contributed by atoms with Crippen LogP contribution >= 0.6 is 0 Å². The number of aromatic amines is 1. The Hall–Kier alpha value is -1.35. The third-order valence-electron chi connectivity index (χ3n) is 2.27. The van der Waals surface area contributed by atoms with Crippen molar-refractivity contribution in [2.75, 3.05) is 13.7 Å². The van der Waals surface area contributed by atoms with Gasteiger partial charge in [-0.05, 0) is 37.5 Å². The summed E-state index contributed by atoms with van der Waals surface area (Å²) >= 11 is 0. The molecule has 2 rings (SSSR count). The minimum absolute atomic E-state index is 0.889. The van der Waals surface area contributed by atoms with Gasteiger partial charge in [0.2, 0.25) is 0 Å². The van der Waals surface area contributed by atoms with Crippen LogP contribution in [0.3, 0.4) is 0 Å². The van der Waals surface area contributed by atoms with E-state index in [1.54, 1.807) is 13.4 Å². The van der Waals surface area contributed by atoms with Crippen LogP contribution in [0.4, 0.5) is 0 Å². The second-order valence-corrected chi connectivity index (χ2v) is 3.87. The van der Waals surface area contributed by atoms with Crippen molar-refractivity contribution in [3.8, 4) is 0 Å². The summed E-state index contributed by atoms with van der Waals surface area (Å²) in [5, 5.41) is 0. The number of aryl methyl sites for hydroxylation is 2. The lowest BCUT2D eigenvalue weighted by molar-refractivity contribution is 0.199. The minimum atomic E-state index is 0.889. The first kappa shape index (κ1) is 12.7. The number of H-pyrrole nitrogens is 1. The first-order valence-electron chi connectivity index (χ1n) is 5.58. The van der Waals surface area contributed by atoms with E-state index in [1.807, 2.05) is 0 Å². The number of nitrogens with one attached hydrogen (secondary N) is 1. The maximum Gasteiger partial charge on any atom is 0.0931 e. The Bertz CT molecular complexity index is 432. The van der Waals surface area contributed by atoms with E-state index in [9.17, 15) is 0 Å². The van der Waals surface area contributed by atoms with Crippen LogP contribution < -0.4 is 0 Å². The molecule has 0 aliphatic carbocycles. The lowest BCUT2D eigenvalue weighted by atomic mass is 10.1. The summed E-state index contributed by atoms with van der Waals surface area (Å²) in [4.78, 5) is 7.29. The minimum Gasteiger partial charge on any atom is -0.385 e. The zero-order valence-corrected chi connectivity index (χ0v) is 10.5. The van der Waals surface area contributed by atoms with Crippen molar-refractivity contribution in [2.45, 2.75) is 27.2 Å². The van der Waals surface area contributed by atoms with Gasteiger partial charge in [-0.1, -0.05) is 13.0 Å². The Morgan fingerprint density at radius 2 is 2.06 bits per heavy atom. The zero-order valence-electron chi connectivity index (χ0n) is 10.5. The molecule has 1 aromatic carbocycles. The van der Waals surface area contributed by atoms with Crippen LogP contribution in [-0.2, 0) is 4.74 Å². The van der Waals surface area contributed by atoms with Crippen molar-refractivity contribution in [2.24, 2.45) is 0 Å². The summed E-state index contributed by atoms with van der Waals surface area (Å²) in [6.45, 7) is 7.15. The molecular weight excluding hydrogens is 200 g/mol. The van der Waals surface area contributed by atoms with Crippen LogP contribution in [0.5, 0.6) is 0 Å². The van der Waals surface area contributed by atoms with E-state index >= 15 is 0 Å². The molecule has 88 valence electrons. The molecule has 1 heterocycles. The molecule has 16 heavy (non-hydrogen) atoms. The zero-order chi connectivity index (χ0) is 12.0. The van der Waals surface area contributed by atoms with Crippen LogP contribution in [0.25, 0.3) is 11.0 Å². The third kappa shape index (κ3) is 3.35. The Labute approximate surface area is 96.9 Å². The number of imidazole rings is 1. The van der Waals surface area contributed by atoms with Gasteiger partial charge in [0.1, 0.15) is 0 Å². The Balaban J connectivity index is 0.000000221. The number of hydrogen-bond donors (Lipinski definition) is 1. The van der Waals surface area contributed by atoms with Gasteiger partial charge in [-0.2, -0.15) is 0 Å². The average Bonchev–Trinajstić information content (AvgIpc) is 2.68. The number of hydrogen-bond acceptors (Lipinski definition) is 2. The van der Waals surface area contributed by atoms with Crippen molar-refractivity contribution >= 4 is 11.0 Å². The normalized spacial score (nSPS) is 10.0. The number of rotatable bonds is 2. The molecule has 0 aliphatic heterocycles. The van der Waals surface area contributed by atoms with Gasteiger partial charge in [0.15, 0.2) is 0 Å². The number of fused-ring (bicyclic) bond motifs is 1. The van der Waals surface area contributed by atoms with Crippen molar-refractivity contribution in [3.63, 3.8) is 0 Å². The Morgan fingerprint density at radius 1 is 1.31 bits per heavy atom. The lowest BCUT2D eigenvalue weighted by Crippen LogP contribution is -1.80. The van der Waals surface area contributed by atoms with Gasteiger partial charge in [0.05, 0.1) is 17.4 Å². The summed E-state index contributed by atoms with van der Waals surface area (Å²) in [6.07, 6.45) is 2.85. The highest BCUT2D eigenvalue weighted by molar-refractivity contribution is 5.78. The number of benzene rings is 1. The quantitative estimate of drug-likeness (QED) is 0.843. The number of aromatic nitrogens is 2. The van der Waals surface area contributed by atoms with Crippen LogP contribution in [0, 0.1) is 13.8 Å². The summed E-state index contributed by atoms with van der Waals surface area (Å²) in [6, 6.07) is 4.25. The molecule has 1 N–H and O–H groups in total. The van der Waals surface area contributed by atoms with Crippen molar-refractivity contribution in [1.29, 1.82) is 0 Å². The fourth-order valence-electron chi connectivity index (χ4n) is 1.61. The van der Waals surface area contributed by atoms with E-state index in [2.05, 4.69) is 42.9 Å². The summed E-state index contributed by atoms with van der Waals surface area (Å²) in [5.74, 6) is 0. The van der Waals surface area contributed by atoms with Crippen LogP contribution in [0.1, 0.15) is 24.5 Å². The summed E-state index contributed by atoms with van der Waals surface area (Å²) in [7, 11) is 1.71. The summed E-state index contributed by atoms with van der Waals surface area (Å²) < 4.78 is 4.69. The van der Waals surface area contributed by atoms with E-state index in [-0.39, 0.29) is 0 Å². The highest BCUT2D eigenvalue weighted by atomic mass is 16.5. The molecule has 0 fully saturated rings. The summed E-state index contributed by atoms with van der Waals surface area (Å²) in [5.41, 5.74) is 4.72. The molecule has 0 amide bonds. The van der Waals surface area contributed by atoms with Crippen LogP contribution in [-0.4, -0.2) is 23.7 Å². The predicted octanol–water partition coefficient (Wildman–Crippen LogP) is 3.22. The van der Waals surface area contributed by atoms with Gasteiger partial charge < -0.3 is 9.72 Å². The monoisotopic (exact) mass is 220 g/mol. The van der Waals surface area contributed by atoms with E-state index in [1.165, 1.54) is 11.1 Å². The van der Waals surface area contributed by atoms with Crippen LogP contribution in [0.2, 0.25) is 0 Å². The van der Waals surface area contributed by atoms with E-state index in [4.69, 9.17) is 4.74 Å². The smallest absolute Gasteiger partial charge is 0.0931 e. The lowest BCUT2D eigenvalue weighted by Gasteiger charge is -1.96. The predicted molar refractivity (Wildman–Crippen MR) is 67.7 cm³/mol. The van der Waals surface area contributed by atoms with Gasteiger partial charge in [0, 0.05) is 13.7 Å². The third-order valence-corrected chi connectivity index (χ3v) is 2.27. The standard InChI is InChI=1S/C9H10N2.C4H10O/c1-6-3-7(2)9-8(4-6)10-5-11-9;1-3-4-5-2/h3-5H,1-2H3,(H,10,11);3-4H2,1-2H3. The van der Waals surface area contributed by atoms with Crippen molar-refractivity contribution in [3.05, 3.63) is 29.6 Å². The van der Waals surface area contributed by atoms with Gasteiger partial charge in [-0.25, -0.2) is 4.98 Å². The van der Waals surface area contributed by atoms with Crippen molar-refractivity contribution in [1.82, 2.24) is 9.97 Å². The van der Waals surface area contributed by atoms with Gasteiger partial charge in [-0.3, -0.25) is 0 Å². The molecule has 0 atom stereocenters. The van der Waals surface area contributed by atoms with Gasteiger partial charge in [-0.15, -0.1) is 0 Å². The molecule has 0 saturated carbocycles. The topological polar surface area (TPSA) is 37.9 Å². The second kappa shape index (κ2) is 6.28. The molecule has 0 saturated heterocycles. The number of methoxy groups -OCH3 is 1. The van der Waals surface area contributed by atoms with E-state index < -0.39 is 0 Å². The molecule has 3 nitrogen and oxygen atoms in total. The first-order valence-corrected chi connectivity index (χ1v) is 5.58. The molecule has 0 aliphatic rings.